The van der Waals surface area contributed by atoms with Gasteiger partial charge in [0.25, 0.3) is 0 Å². The minimum absolute atomic E-state index is 0.0620. The van der Waals surface area contributed by atoms with Gasteiger partial charge in [-0.3, -0.25) is 0 Å². The highest BCUT2D eigenvalue weighted by atomic mass is 32.2. The van der Waals surface area contributed by atoms with E-state index in [9.17, 15) is 8.42 Å². The van der Waals surface area contributed by atoms with Gasteiger partial charge in [0, 0.05) is 12.3 Å². The molecule has 3 N–H and O–H groups in total. The van der Waals surface area contributed by atoms with Crippen molar-refractivity contribution in [2.45, 2.75) is 24.3 Å². The van der Waals surface area contributed by atoms with E-state index < -0.39 is 9.84 Å². The number of hydrogen-bond donors (Lipinski definition) is 2. The molecule has 1 aromatic heterocycles. The van der Waals surface area contributed by atoms with E-state index in [0.29, 0.717) is 5.00 Å². The molecule has 0 amide bonds. The Hall–Kier alpha value is -1.60. The lowest BCUT2D eigenvalue weighted by Gasteiger charge is -2.14. The third-order valence-electron chi connectivity index (χ3n) is 2.81. The van der Waals surface area contributed by atoms with Crippen molar-refractivity contribution < 1.29 is 8.42 Å². The topological polar surface area (TPSA) is 85.1 Å². The minimum Gasteiger partial charge on any atom is -0.382 e. The summed E-state index contributed by atoms with van der Waals surface area (Å²) in [5.41, 5.74) is 6.82. The number of anilines is 2. The molecule has 2 rings (SSSR count). The fourth-order valence-electron chi connectivity index (χ4n) is 1.99. The molecule has 0 fully saturated rings. The Balaban J connectivity index is 2.15. The molecule has 7 heteroatoms. The molecule has 0 saturated carbocycles. The van der Waals surface area contributed by atoms with Gasteiger partial charge in [-0.1, -0.05) is 30.3 Å². The van der Waals surface area contributed by atoms with Gasteiger partial charge in [0.2, 0.25) is 0 Å². The van der Waals surface area contributed by atoms with E-state index in [1.54, 1.807) is 0 Å². The number of hydrogen-bond acceptors (Lipinski definition) is 6. The largest absolute Gasteiger partial charge is 0.382 e. The van der Waals surface area contributed by atoms with Crippen molar-refractivity contribution >= 4 is 32.2 Å². The van der Waals surface area contributed by atoms with Gasteiger partial charge in [-0.25, -0.2) is 8.42 Å². The maximum Gasteiger partial charge on any atom is 0.182 e. The molecular formula is C13H17N3O2S2. The number of rotatable bonds is 5. The van der Waals surface area contributed by atoms with Crippen LogP contribution >= 0.6 is 11.5 Å². The molecule has 0 saturated heterocycles. The van der Waals surface area contributed by atoms with Gasteiger partial charge in [0.15, 0.2) is 15.7 Å². The second kappa shape index (κ2) is 5.80. The monoisotopic (exact) mass is 311 g/mol. The first kappa shape index (κ1) is 14.8. The van der Waals surface area contributed by atoms with Gasteiger partial charge in [-0.2, -0.15) is 4.37 Å². The number of nitrogens with zero attached hydrogens (tertiary/aromatic N) is 1. The Morgan fingerprint density at radius 1 is 1.35 bits per heavy atom. The van der Waals surface area contributed by atoms with E-state index in [1.807, 2.05) is 37.3 Å². The molecule has 0 aliphatic rings. The number of aromatic nitrogens is 1. The zero-order valence-electron chi connectivity index (χ0n) is 11.3. The second-order valence-corrected chi connectivity index (χ2v) is 7.46. The van der Waals surface area contributed by atoms with Crippen molar-refractivity contribution in [2.75, 3.05) is 17.3 Å². The molecule has 0 bridgehead atoms. The van der Waals surface area contributed by atoms with Gasteiger partial charge in [-0.05, 0) is 30.4 Å². The van der Waals surface area contributed by atoms with E-state index in [2.05, 4.69) is 9.69 Å². The lowest BCUT2D eigenvalue weighted by atomic mass is 10.1. The summed E-state index contributed by atoms with van der Waals surface area (Å²) in [5, 5.41) is 3.69. The average molecular weight is 311 g/mol. The summed E-state index contributed by atoms with van der Waals surface area (Å²) in [6, 6.07) is 10.1. The van der Waals surface area contributed by atoms with Gasteiger partial charge in [-0.15, -0.1) is 0 Å². The van der Waals surface area contributed by atoms with Crippen molar-refractivity contribution in [3.63, 3.8) is 0 Å². The lowest BCUT2D eigenvalue weighted by molar-refractivity contribution is 0.602. The Kier molecular flexibility index (Phi) is 4.29. The van der Waals surface area contributed by atoms with Gasteiger partial charge < -0.3 is 11.1 Å². The highest BCUT2D eigenvalue weighted by molar-refractivity contribution is 7.91. The Morgan fingerprint density at radius 2 is 2.00 bits per heavy atom. The first-order valence-corrected chi connectivity index (χ1v) is 8.80. The van der Waals surface area contributed by atoms with Crippen LogP contribution in [0.3, 0.4) is 0 Å². The number of benzene rings is 1. The van der Waals surface area contributed by atoms with E-state index >= 15 is 0 Å². The van der Waals surface area contributed by atoms with Crippen LogP contribution in [0.5, 0.6) is 0 Å². The molecular weight excluding hydrogens is 294 g/mol. The Labute approximate surface area is 122 Å². The van der Waals surface area contributed by atoms with Gasteiger partial charge in [0.1, 0.15) is 9.90 Å². The van der Waals surface area contributed by atoms with Crippen LogP contribution in [0.25, 0.3) is 0 Å². The van der Waals surface area contributed by atoms with E-state index in [-0.39, 0.29) is 16.8 Å². The Bertz CT molecular complexity index is 681. The molecule has 20 heavy (non-hydrogen) atoms. The maximum atomic E-state index is 11.7. The summed E-state index contributed by atoms with van der Waals surface area (Å²) in [6.07, 6.45) is 1.93. The van der Waals surface area contributed by atoms with Crippen LogP contribution in [0.4, 0.5) is 10.8 Å². The smallest absolute Gasteiger partial charge is 0.182 e. The first-order chi connectivity index (χ1) is 9.38. The quantitative estimate of drug-likeness (QED) is 0.884. The second-order valence-electron chi connectivity index (χ2n) is 4.73. The van der Waals surface area contributed by atoms with E-state index in [1.165, 1.54) is 5.56 Å². The number of nitrogens with two attached hydrogens (primary N) is 1. The number of nitrogen functional groups attached to an aromatic ring is 1. The first-order valence-electron chi connectivity index (χ1n) is 6.13. The van der Waals surface area contributed by atoms with Crippen LogP contribution in [-0.2, 0) is 16.3 Å². The van der Waals surface area contributed by atoms with Crippen LogP contribution in [0.1, 0.15) is 12.5 Å². The summed E-state index contributed by atoms with van der Waals surface area (Å²) in [4.78, 5) is 0.0995. The summed E-state index contributed by atoms with van der Waals surface area (Å²) in [5.74, 6) is 0.0620. The number of sulfone groups is 1. The standard InChI is InChI=1S/C13H17N3O2S2/c1-9(8-10-6-4-3-5-7-10)15-13-11(20(2,17)18)12(14)16-19-13/h3-7,9,15H,8H2,1-2H3,(H2,14,16). The van der Waals surface area contributed by atoms with Crippen molar-refractivity contribution in [1.29, 1.82) is 0 Å². The predicted molar refractivity (Wildman–Crippen MR) is 82.9 cm³/mol. The van der Waals surface area contributed by atoms with Crippen LogP contribution in [0.2, 0.25) is 0 Å². The van der Waals surface area contributed by atoms with Crippen molar-refractivity contribution in [2.24, 2.45) is 0 Å². The molecule has 2 aromatic rings. The third-order valence-corrected chi connectivity index (χ3v) is 4.88. The molecule has 0 aliphatic heterocycles. The number of nitrogens with one attached hydrogen (secondary N) is 1. The fourth-order valence-corrected chi connectivity index (χ4v) is 4.15. The molecule has 5 nitrogen and oxygen atoms in total. The zero-order chi connectivity index (χ0) is 14.8. The molecule has 1 unspecified atom stereocenters. The summed E-state index contributed by atoms with van der Waals surface area (Å²) in [6.45, 7) is 2.00. The summed E-state index contributed by atoms with van der Waals surface area (Å²) >= 11 is 1.08. The third kappa shape index (κ3) is 3.49. The molecule has 0 radical (unpaired) electrons. The molecule has 1 atom stereocenters. The molecule has 1 heterocycles. The van der Waals surface area contributed by atoms with E-state index in [0.717, 1.165) is 24.2 Å². The molecule has 108 valence electrons. The predicted octanol–water partition coefficient (Wildman–Crippen LogP) is 2.17. The SMILES string of the molecule is CC(Cc1ccccc1)Nc1snc(N)c1S(C)(=O)=O. The maximum absolute atomic E-state index is 11.7. The van der Waals surface area contributed by atoms with Gasteiger partial charge in [0.05, 0.1) is 0 Å². The van der Waals surface area contributed by atoms with Crippen molar-refractivity contribution in [3.05, 3.63) is 35.9 Å². The molecule has 1 aromatic carbocycles. The van der Waals surface area contributed by atoms with Crippen LogP contribution in [-0.4, -0.2) is 25.1 Å². The highest BCUT2D eigenvalue weighted by Gasteiger charge is 2.22. The minimum atomic E-state index is -3.38. The fraction of sp³-hybridized carbons (Fsp3) is 0.308. The lowest BCUT2D eigenvalue weighted by Crippen LogP contribution is -2.18. The molecule has 0 aliphatic carbocycles. The summed E-state index contributed by atoms with van der Waals surface area (Å²) in [7, 11) is -3.38. The van der Waals surface area contributed by atoms with Crippen LogP contribution in [0.15, 0.2) is 35.2 Å². The average Bonchev–Trinajstić information content (AvgIpc) is 2.71. The van der Waals surface area contributed by atoms with Crippen molar-refractivity contribution in [1.82, 2.24) is 4.37 Å². The van der Waals surface area contributed by atoms with Gasteiger partial charge >= 0.3 is 0 Å². The van der Waals surface area contributed by atoms with Crippen LogP contribution in [0, 0.1) is 0 Å². The zero-order valence-corrected chi connectivity index (χ0v) is 13.0. The van der Waals surface area contributed by atoms with Crippen LogP contribution < -0.4 is 11.1 Å². The molecule has 0 spiro atoms. The van der Waals surface area contributed by atoms with E-state index in [4.69, 9.17) is 5.73 Å². The highest BCUT2D eigenvalue weighted by Crippen LogP contribution is 2.31. The van der Waals surface area contributed by atoms with Crippen molar-refractivity contribution in [3.8, 4) is 0 Å². The summed E-state index contributed by atoms with van der Waals surface area (Å²) < 4.78 is 27.4. The Morgan fingerprint density at radius 3 is 2.60 bits per heavy atom. The normalized spacial score (nSPS) is 13.1.